The van der Waals surface area contributed by atoms with Crippen LogP contribution in [0.4, 0.5) is 0 Å². The molecule has 7 heavy (non-hydrogen) atoms. The molecule has 1 aliphatic heterocycles. The van der Waals surface area contributed by atoms with Crippen LogP contribution in [0.5, 0.6) is 0 Å². The van der Waals surface area contributed by atoms with Gasteiger partial charge in [0.05, 0.1) is 0 Å². The van der Waals surface area contributed by atoms with Gasteiger partial charge in [0, 0.05) is 0 Å². The summed E-state index contributed by atoms with van der Waals surface area (Å²) in [6.07, 6.45) is 0. The molecule has 1 heterocycles. The number of hydrogen-bond acceptors (Lipinski definition) is 0. The van der Waals surface area contributed by atoms with E-state index in [9.17, 15) is 0 Å². The fourth-order valence-electron chi connectivity index (χ4n) is 0.553. The van der Waals surface area contributed by atoms with Crippen LogP contribution >= 0.6 is 0 Å². The first-order valence-electron chi connectivity index (χ1n) is 2.80. The average Bonchev–Trinajstić information content (AvgIpc) is 1.23. The Labute approximate surface area is 70.4 Å². The minimum atomic E-state index is 0.858. The van der Waals surface area contributed by atoms with E-state index in [0.29, 0.717) is 0 Å². The molecule has 44 valence electrons. The maximum absolute atomic E-state index is 2.34. The van der Waals surface area contributed by atoms with Crippen molar-refractivity contribution in [3.8, 4) is 0 Å². The Hall–Kier alpha value is 1.57. The van der Waals surface area contributed by atoms with E-state index in [1.54, 1.807) is 1.78 Å². The molecule has 0 atom stereocenters. The summed E-state index contributed by atoms with van der Waals surface area (Å²) < 4.78 is 3.18. The standard InChI is InChI=1S/C6H12Xe/c1-5(2)6-3-7-4-6/h5-6H,3-4H2,1-2H3. The molecule has 0 aromatic carbocycles. The van der Waals surface area contributed by atoms with Gasteiger partial charge in [-0.2, -0.15) is 0 Å². The second-order valence-corrected chi connectivity index (χ2v) is 5.13. The first-order chi connectivity index (χ1) is 3.30. The van der Waals surface area contributed by atoms with Crippen molar-refractivity contribution in [3.05, 3.63) is 0 Å². The van der Waals surface area contributed by atoms with Crippen LogP contribution < -0.4 is 0 Å². The van der Waals surface area contributed by atoms with E-state index in [1.807, 2.05) is 0 Å². The summed E-state index contributed by atoms with van der Waals surface area (Å²) in [6, 6.07) is 0. The van der Waals surface area contributed by atoms with Crippen LogP contribution in [0.15, 0.2) is 0 Å². The SMILES string of the molecule is CC(C)C1C[Xe]C1. The third-order valence-electron chi connectivity index (χ3n) is 1.52. The summed E-state index contributed by atoms with van der Waals surface area (Å²) in [6.45, 7) is 4.68. The summed E-state index contributed by atoms with van der Waals surface area (Å²) >= 11 is 0.858. The zero-order chi connectivity index (χ0) is 5.28. The second-order valence-electron chi connectivity index (χ2n) is 2.47. The van der Waals surface area contributed by atoms with E-state index >= 15 is 0 Å². The fraction of sp³-hybridized carbons (Fsp3) is 1.00. The molecule has 0 N–H and O–H groups in total. The van der Waals surface area contributed by atoms with E-state index in [0.717, 1.165) is 56.0 Å². The van der Waals surface area contributed by atoms with Crippen molar-refractivity contribution in [1.82, 2.24) is 0 Å². The van der Waals surface area contributed by atoms with Crippen molar-refractivity contribution in [1.29, 1.82) is 0 Å². The zero-order valence-electron chi connectivity index (χ0n) is 4.92. The van der Waals surface area contributed by atoms with Gasteiger partial charge in [0.25, 0.3) is 0 Å². The molecule has 0 radical (unpaired) electrons. The Morgan fingerprint density at radius 2 is 2.00 bits per heavy atom. The first-order valence-corrected chi connectivity index (χ1v) is 5.66. The van der Waals surface area contributed by atoms with Crippen molar-refractivity contribution in [2.24, 2.45) is 11.8 Å². The van der Waals surface area contributed by atoms with Gasteiger partial charge in [-0.15, -0.1) is 0 Å². The molecule has 0 aromatic rings. The van der Waals surface area contributed by atoms with Crippen LogP contribution in [0.25, 0.3) is 0 Å². The van der Waals surface area contributed by atoms with Crippen LogP contribution in [0.1, 0.15) is 13.8 Å². The van der Waals surface area contributed by atoms with Gasteiger partial charge in [-0.25, -0.2) is 0 Å². The third kappa shape index (κ3) is 1.76. The Morgan fingerprint density at radius 3 is 2.00 bits per heavy atom. The summed E-state index contributed by atoms with van der Waals surface area (Å²) in [7, 11) is 0. The van der Waals surface area contributed by atoms with E-state index < -0.39 is 0 Å². The van der Waals surface area contributed by atoms with Gasteiger partial charge in [0.1, 0.15) is 0 Å². The Balaban J connectivity index is 2.14. The van der Waals surface area contributed by atoms with E-state index in [2.05, 4.69) is 13.8 Å². The van der Waals surface area contributed by atoms with E-state index in [-0.39, 0.29) is 0 Å². The Bertz CT molecular complexity index is 55.2. The van der Waals surface area contributed by atoms with Crippen molar-refractivity contribution >= 4 is 0 Å². The van der Waals surface area contributed by atoms with Crippen LogP contribution in [0, 0.1) is 56.0 Å². The molecule has 1 rings (SSSR count). The molecule has 1 fully saturated rings. The van der Waals surface area contributed by atoms with Crippen molar-refractivity contribution in [3.63, 3.8) is 0 Å². The van der Waals surface area contributed by atoms with Crippen molar-refractivity contribution in [2.45, 2.75) is 15.6 Å². The van der Waals surface area contributed by atoms with Crippen LogP contribution in [-0.2, 0) is 0 Å². The van der Waals surface area contributed by atoms with Gasteiger partial charge in [0.2, 0.25) is 0 Å². The molecule has 1 aliphatic rings. The predicted molar refractivity (Wildman–Crippen MR) is 27.9 cm³/mol. The molecule has 0 spiro atoms. The van der Waals surface area contributed by atoms with Crippen molar-refractivity contribution in [2.75, 3.05) is 0 Å². The second kappa shape index (κ2) is 2.93. The molecule has 0 saturated carbocycles. The molecule has 0 unspecified atom stereocenters. The van der Waals surface area contributed by atoms with Crippen molar-refractivity contribution < 1.29 is 44.2 Å². The minimum absolute atomic E-state index is 0.858. The molecule has 0 nitrogen and oxygen atoms in total. The van der Waals surface area contributed by atoms with Gasteiger partial charge in [-0.05, 0) is 0 Å². The fourth-order valence-corrected chi connectivity index (χ4v) is 3.71. The average molecular weight is 215 g/mol. The molecule has 0 aliphatic carbocycles. The Kier molecular flexibility index (Phi) is 2.80. The third-order valence-corrected chi connectivity index (χ3v) is 4.80. The molecular weight excluding hydrogens is 203 g/mol. The molecule has 0 bridgehead atoms. The molecular formula is C6H12Xe. The van der Waals surface area contributed by atoms with Gasteiger partial charge in [-0.1, -0.05) is 0 Å². The number of rotatable bonds is 1. The monoisotopic (exact) mass is 216 g/mol. The summed E-state index contributed by atoms with van der Waals surface area (Å²) in [5.41, 5.74) is 0. The Morgan fingerprint density at radius 1 is 1.43 bits per heavy atom. The first kappa shape index (κ1) is 6.69. The normalized spacial score (nSPS) is 23.9. The molecule has 1 heteroatoms. The van der Waals surface area contributed by atoms with E-state index in [4.69, 9.17) is 0 Å². The quantitative estimate of drug-likeness (QED) is 0.629. The molecule has 0 amide bonds. The molecule has 0 aromatic heterocycles. The predicted octanol–water partition coefficient (Wildman–Crippen LogP) is 2.19. The zero-order valence-corrected chi connectivity index (χ0v) is 6.94. The van der Waals surface area contributed by atoms with Gasteiger partial charge in [0.15, 0.2) is 0 Å². The van der Waals surface area contributed by atoms with Gasteiger partial charge < -0.3 is 0 Å². The summed E-state index contributed by atoms with van der Waals surface area (Å²) in [5, 5.41) is 0. The van der Waals surface area contributed by atoms with Crippen LogP contribution in [0.3, 0.4) is 0 Å². The maximum atomic E-state index is 2.34. The molecule has 1 saturated heterocycles. The van der Waals surface area contributed by atoms with Gasteiger partial charge in [-0.3, -0.25) is 0 Å². The van der Waals surface area contributed by atoms with Crippen LogP contribution in [0.2, 0.25) is 1.78 Å². The topological polar surface area (TPSA) is 0 Å². The summed E-state index contributed by atoms with van der Waals surface area (Å²) in [4.78, 5) is 0. The summed E-state index contributed by atoms with van der Waals surface area (Å²) in [5.74, 6) is 2.10. The van der Waals surface area contributed by atoms with Crippen LogP contribution in [-0.4, -0.2) is 0 Å². The van der Waals surface area contributed by atoms with E-state index in [1.165, 1.54) is 0 Å². The number of hydrogen-bond donors (Lipinski definition) is 0. The van der Waals surface area contributed by atoms with Gasteiger partial charge >= 0.3 is 71.6 Å².